The molecule has 1 rings (SSSR count). The number of amides is 1. The highest BCUT2D eigenvalue weighted by Crippen LogP contribution is 2.12. The Labute approximate surface area is 145 Å². The average Bonchev–Trinajstić information content (AvgIpc) is 2.58. The quantitative estimate of drug-likeness (QED) is 0.291. The number of carbonyl (C=O) groups is 1. The van der Waals surface area contributed by atoms with Gasteiger partial charge in [-0.3, -0.25) is 14.7 Å². The van der Waals surface area contributed by atoms with E-state index in [1.807, 2.05) is 0 Å². The molecule has 0 saturated carbocycles. The largest absolute Gasteiger partial charge is 0.383 e. The van der Waals surface area contributed by atoms with Gasteiger partial charge in [0.2, 0.25) is 5.91 Å². The number of hydrogen-bond donors (Lipinski definition) is 3. The van der Waals surface area contributed by atoms with Crippen molar-refractivity contribution >= 4 is 11.9 Å². The summed E-state index contributed by atoms with van der Waals surface area (Å²) < 4.78 is 10.3. The molecule has 1 unspecified atom stereocenters. The number of morpholine rings is 1. The fourth-order valence-corrected chi connectivity index (χ4v) is 2.64. The SMILES string of the molecule is CN=C(NCC(=O)NCCOC)NCC(C(C)C)N1CCOCC1. The summed E-state index contributed by atoms with van der Waals surface area (Å²) in [6.45, 7) is 9.93. The number of guanidine groups is 1. The third kappa shape index (κ3) is 7.94. The van der Waals surface area contributed by atoms with Crippen molar-refractivity contribution in [2.24, 2.45) is 10.9 Å². The van der Waals surface area contributed by atoms with Crippen molar-refractivity contribution in [2.75, 3.05) is 66.7 Å². The van der Waals surface area contributed by atoms with Crippen molar-refractivity contribution in [1.29, 1.82) is 0 Å². The van der Waals surface area contributed by atoms with Crippen molar-refractivity contribution < 1.29 is 14.3 Å². The molecule has 0 aromatic heterocycles. The first kappa shape index (κ1) is 20.7. The second kappa shape index (κ2) is 12.0. The summed E-state index contributed by atoms with van der Waals surface area (Å²) in [6.07, 6.45) is 0. The lowest BCUT2D eigenvalue weighted by Crippen LogP contribution is -2.53. The smallest absolute Gasteiger partial charge is 0.239 e. The fourth-order valence-electron chi connectivity index (χ4n) is 2.64. The summed E-state index contributed by atoms with van der Waals surface area (Å²) in [5.41, 5.74) is 0. The molecule has 24 heavy (non-hydrogen) atoms. The molecule has 1 atom stereocenters. The van der Waals surface area contributed by atoms with Crippen LogP contribution in [0, 0.1) is 5.92 Å². The van der Waals surface area contributed by atoms with Crippen LogP contribution in [-0.4, -0.2) is 89.5 Å². The summed E-state index contributed by atoms with van der Waals surface area (Å²) in [4.78, 5) is 18.3. The Bertz CT molecular complexity index is 384. The van der Waals surface area contributed by atoms with Gasteiger partial charge in [0.1, 0.15) is 0 Å². The van der Waals surface area contributed by atoms with Crippen molar-refractivity contribution in [3.05, 3.63) is 0 Å². The molecule has 0 bridgehead atoms. The Hall–Kier alpha value is -1.38. The van der Waals surface area contributed by atoms with E-state index in [-0.39, 0.29) is 12.5 Å². The average molecular weight is 343 g/mol. The molecule has 0 aromatic rings. The summed E-state index contributed by atoms with van der Waals surface area (Å²) in [7, 11) is 3.31. The van der Waals surface area contributed by atoms with Crippen LogP contribution in [0.4, 0.5) is 0 Å². The molecule has 1 amide bonds. The minimum absolute atomic E-state index is 0.0800. The molecule has 8 nitrogen and oxygen atoms in total. The van der Waals surface area contributed by atoms with E-state index >= 15 is 0 Å². The molecule has 0 radical (unpaired) electrons. The topological polar surface area (TPSA) is 87.2 Å². The van der Waals surface area contributed by atoms with Crippen molar-refractivity contribution in [3.8, 4) is 0 Å². The molecule has 1 saturated heterocycles. The van der Waals surface area contributed by atoms with Crippen molar-refractivity contribution in [2.45, 2.75) is 19.9 Å². The van der Waals surface area contributed by atoms with Crippen LogP contribution in [-0.2, 0) is 14.3 Å². The van der Waals surface area contributed by atoms with E-state index in [1.54, 1.807) is 14.2 Å². The normalized spacial score (nSPS) is 17.6. The number of nitrogens with one attached hydrogen (secondary N) is 3. The zero-order valence-corrected chi connectivity index (χ0v) is 15.4. The molecular formula is C16H33N5O3. The van der Waals surface area contributed by atoms with Crippen LogP contribution in [0.1, 0.15) is 13.8 Å². The predicted octanol–water partition coefficient (Wildman–Crippen LogP) is -0.729. The van der Waals surface area contributed by atoms with E-state index in [2.05, 4.69) is 39.7 Å². The summed E-state index contributed by atoms with van der Waals surface area (Å²) in [6, 6.07) is 0.406. The standard InChI is InChI=1S/C16H33N5O3/c1-13(2)14(21-6-9-24-10-7-21)11-19-16(17-3)20-12-15(22)18-5-8-23-4/h13-14H,5-12H2,1-4H3,(H,18,22)(H2,17,19,20). The first-order valence-corrected chi connectivity index (χ1v) is 8.60. The maximum atomic E-state index is 11.7. The Kier molecular flexibility index (Phi) is 10.4. The van der Waals surface area contributed by atoms with Crippen LogP contribution >= 0.6 is 0 Å². The van der Waals surface area contributed by atoms with Gasteiger partial charge in [-0.2, -0.15) is 0 Å². The van der Waals surface area contributed by atoms with E-state index < -0.39 is 0 Å². The van der Waals surface area contributed by atoms with Gasteiger partial charge >= 0.3 is 0 Å². The Morgan fingerprint density at radius 2 is 1.96 bits per heavy atom. The molecule has 0 aliphatic carbocycles. The van der Waals surface area contributed by atoms with Gasteiger partial charge in [-0.05, 0) is 5.92 Å². The summed E-state index contributed by atoms with van der Waals surface area (Å²) >= 11 is 0. The molecule has 0 aromatic carbocycles. The van der Waals surface area contributed by atoms with Gasteiger partial charge in [-0.1, -0.05) is 13.8 Å². The van der Waals surface area contributed by atoms with E-state index in [0.717, 1.165) is 32.8 Å². The van der Waals surface area contributed by atoms with Crippen LogP contribution in [0.5, 0.6) is 0 Å². The molecule has 1 heterocycles. The third-order valence-electron chi connectivity index (χ3n) is 4.03. The van der Waals surface area contributed by atoms with Gasteiger partial charge in [0.05, 0.1) is 26.4 Å². The van der Waals surface area contributed by atoms with Crippen molar-refractivity contribution in [1.82, 2.24) is 20.9 Å². The number of rotatable bonds is 9. The van der Waals surface area contributed by atoms with Gasteiger partial charge in [0.25, 0.3) is 0 Å². The van der Waals surface area contributed by atoms with Gasteiger partial charge in [-0.25, -0.2) is 0 Å². The first-order valence-electron chi connectivity index (χ1n) is 8.60. The lowest BCUT2D eigenvalue weighted by molar-refractivity contribution is -0.120. The number of nitrogens with zero attached hydrogens (tertiary/aromatic N) is 2. The highest BCUT2D eigenvalue weighted by atomic mass is 16.5. The lowest BCUT2D eigenvalue weighted by atomic mass is 10.0. The van der Waals surface area contributed by atoms with E-state index in [9.17, 15) is 4.79 Å². The van der Waals surface area contributed by atoms with E-state index in [4.69, 9.17) is 9.47 Å². The molecule has 1 aliphatic rings. The fraction of sp³-hybridized carbons (Fsp3) is 0.875. The van der Waals surface area contributed by atoms with Gasteiger partial charge < -0.3 is 25.4 Å². The molecule has 3 N–H and O–H groups in total. The molecule has 1 aliphatic heterocycles. The third-order valence-corrected chi connectivity index (χ3v) is 4.03. The van der Waals surface area contributed by atoms with E-state index in [1.165, 1.54) is 0 Å². The number of aliphatic imine (C=N–C) groups is 1. The monoisotopic (exact) mass is 343 g/mol. The first-order chi connectivity index (χ1) is 11.6. The van der Waals surface area contributed by atoms with Gasteiger partial charge in [0.15, 0.2) is 5.96 Å². The molecule has 0 spiro atoms. The maximum Gasteiger partial charge on any atom is 0.239 e. The number of carbonyl (C=O) groups excluding carboxylic acids is 1. The Morgan fingerprint density at radius 1 is 1.25 bits per heavy atom. The predicted molar refractivity (Wildman–Crippen MR) is 95.3 cm³/mol. The molecule has 8 heteroatoms. The zero-order valence-electron chi connectivity index (χ0n) is 15.4. The lowest BCUT2D eigenvalue weighted by Gasteiger charge is -2.37. The van der Waals surface area contributed by atoms with Gasteiger partial charge in [0, 0.05) is 46.4 Å². The second-order valence-electron chi connectivity index (χ2n) is 6.11. The van der Waals surface area contributed by atoms with Crippen LogP contribution in [0.15, 0.2) is 4.99 Å². The molecule has 140 valence electrons. The number of ether oxygens (including phenoxy) is 2. The number of hydrogen-bond acceptors (Lipinski definition) is 5. The van der Waals surface area contributed by atoms with Crippen LogP contribution < -0.4 is 16.0 Å². The van der Waals surface area contributed by atoms with Crippen LogP contribution in [0.3, 0.4) is 0 Å². The van der Waals surface area contributed by atoms with Gasteiger partial charge in [-0.15, -0.1) is 0 Å². The molecular weight excluding hydrogens is 310 g/mol. The highest BCUT2D eigenvalue weighted by Gasteiger charge is 2.23. The van der Waals surface area contributed by atoms with E-state index in [0.29, 0.717) is 31.1 Å². The van der Waals surface area contributed by atoms with Crippen molar-refractivity contribution in [3.63, 3.8) is 0 Å². The van der Waals surface area contributed by atoms with Crippen LogP contribution in [0.25, 0.3) is 0 Å². The zero-order chi connectivity index (χ0) is 17.8. The highest BCUT2D eigenvalue weighted by molar-refractivity contribution is 5.86. The minimum atomic E-state index is -0.0800. The Morgan fingerprint density at radius 3 is 2.54 bits per heavy atom. The second-order valence-corrected chi connectivity index (χ2v) is 6.11. The number of methoxy groups -OCH3 is 1. The van der Waals surface area contributed by atoms with Crippen LogP contribution in [0.2, 0.25) is 0 Å². The maximum absolute atomic E-state index is 11.7. The summed E-state index contributed by atoms with van der Waals surface area (Å²) in [5.74, 6) is 1.07. The summed E-state index contributed by atoms with van der Waals surface area (Å²) in [5, 5.41) is 9.13. The Balaban J connectivity index is 2.36. The minimum Gasteiger partial charge on any atom is -0.383 e. The molecule has 1 fully saturated rings.